The van der Waals surface area contributed by atoms with Crippen molar-refractivity contribution in [1.82, 2.24) is 9.97 Å². The van der Waals surface area contributed by atoms with E-state index in [1.165, 1.54) is 0 Å². The first-order chi connectivity index (χ1) is 4.97. The molecule has 0 aliphatic heterocycles. The van der Waals surface area contributed by atoms with Gasteiger partial charge in [-0.2, -0.15) is 0 Å². The van der Waals surface area contributed by atoms with Crippen molar-refractivity contribution in [2.24, 2.45) is 0 Å². The smallest absolute Gasteiger partial charge is 0.116 e. The van der Waals surface area contributed by atoms with Crippen molar-refractivity contribution in [3.8, 4) is 11.8 Å². The number of hydrogen-bond acceptors (Lipinski definition) is 1. The Morgan fingerprint density at radius 1 is 1.60 bits per heavy atom. The van der Waals surface area contributed by atoms with E-state index in [1.54, 1.807) is 6.33 Å². The number of nitrogens with zero attached hydrogens (tertiary/aromatic N) is 1. The van der Waals surface area contributed by atoms with Gasteiger partial charge in [-0.15, -0.1) is 0 Å². The molecule has 1 aromatic rings. The van der Waals surface area contributed by atoms with E-state index in [1.807, 2.05) is 12.2 Å². The molecule has 0 unspecified atom stereocenters. The van der Waals surface area contributed by atoms with Gasteiger partial charge >= 0.3 is 0 Å². The quantitative estimate of drug-likeness (QED) is 0.525. The summed E-state index contributed by atoms with van der Waals surface area (Å²) in [7, 11) is 0. The third kappa shape index (κ3) is 0.725. The van der Waals surface area contributed by atoms with Gasteiger partial charge in [0.2, 0.25) is 0 Å². The van der Waals surface area contributed by atoms with Gasteiger partial charge in [-0.25, -0.2) is 4.98 Å². The summed E-state index contributed by atoms with van der Waals surface area (Å²) in [6, 6.07) is 0. The standard InChI is InChI=1S/C8H6N2/c1-2-4-7-8(5-3-1)10-6-9-7/h2,4,6H,1H2,(H,9,10). The lowest BCUT2D eigenvalue weighted by Crippen LogP contribution is -1.75. The van der Waals surface area contributed by atoms with Gasteiger partial charge in [0.25, 0.3) is 0 Å². The fourth-order valence-corrected chi connectivity index (χ4v) is 0.900. The summed E-state index contributed by atoms with van der Waals surface area (Å²) in [5, 5.41) is 0. The molecular formula is C8H6N2. The molecule has 1 aliphatic rings. The minimum atomic E-state index is 0.824. The van der Waals surface area contributed by atoms with Gasteiger partial charge in [-0.1, -0.05) is 12.0 Å². The van der Waals surface area contributed by atoms with Gasteiger partial charge in [0.1, 0.15) is 5.69 Å². The number of H-pyrrole nitrogens is 1. The molecule has 0 saturated carbocycles. The molecule has 48 valence electrons. The van der Waals surface area contributed by atoms with Crippen LogP contribution in [0.3, 0.4) is 0 Å². The number of imidazole rings is 1. The highest BCUT2D eigenvalue weighted by atomic mass is 14.9. The van der Waals surface area contributed by atoms with Gasteiger partial charge in [-0.3, -0.25) is 0 Å². The number of aromatic nitrogens is 2. The van der Waals surface area contributed by atoms with E-state index in [9.17, 15) is 0 Å². The Kier molecular flexibility index (Phi) is 1.08. The van der Waals surface area contributed by atoms with E-state index in [0.29, 0.717) is 0 Å². The lowest BCUT2D eigenvalue weighted by atomic mass is 10.3. The van der Waals surface area contributed by atoms with Crippen LogP contribution >= 0.6 is 0 Å². The van der Waals surface area contributed by atoms with Crippen LogP contribution in [0.1, 0.15) is 17.8 Å². The summed E-state index contributed by atoms with van der Waals surface area (Å²) in [6.07, 6.45) is 6.47. The lowest BCUT2D eigenvalue weighted by Gasteiger charge is -1.81. The zero-order valence-electron chi connectivity index (χ0n) is 5.39. The van der Waals surface area contributed by atoms with Crippen LogP contribution in [0.25, 0.3) is 6.08 Å². The van der Waals surface area contributed by atoms with Crippen LogP contribution in [0.4, 0.5) is 0 Å². The maximum absolute atomic E-state index is 4.07. The number of fused-ring (bicyclic) bond motifs is 1. The molecule has 1 N–H and O–H groups in total. The van der Waals surface area contributed by atoms with Crippen LogP contribution < -0.4 is 0 Å². The fourth-order valence-electron chi connectivity index (χ4n) is 0.900. The van der Waals surface area contributed by atoms with Crippen LogP contribution in [0.5, 0.6) is 0 Å². The molecule has 0 amide bonds. The van der Waals surface area contributed by atoms with Crippen molar-refractivity contribution in [3.05, 3.63) is 23.8 Å². The van der Waals surface area contributed by atoms with Gasteiger partial charge in [0.15, 0.2) is 0 Å². The first kappa shape index (κ1) is 5.31. The topological polar surface area (TPSA) is 28.7 Å². The third-order valence-corrected chi connectivity index (χ3v) is 1.38. The summed E-state index contributed by atoms with van der Waals surface area (Å²) < 4.78 is 0. The molecule has 10 heavy (non-hydrogen) atoms. The predicted molar refractivity (Wildman–Crippen MR) is 39.1 cm³/mol. The molecule has 2 rings (SSSR count). The van der Waals surface area contributed by atoms with E-state index in [-0.39, 0.29) is 0 Å². The lowest BCUT2D eigenvalue weighted by molar-refractivity contribution is 1.30. The first-order valence-electron chi connectivity index (χ1n) is 3.15. The molecule has 0 spiro atoms. The van der Waals surface area contributed by atoms with Crippen molar-refractivity contribution < 1.29 is 0 Å². The number of aromatic amines is 1. The highest BCUT2D eigenvalue weighted by Gasteiger charge is 1.98. The summed E-state index contributed by atoms with van der Waals surface area (Å²) in [4.78, 5) is 7.03. The van der Waals surface area contributed by atoms with E-state index in [2.05, 4.69) is 21.8 Å². The third-order valence-electron chi connectivity index (χ3n) is 1.38. The number of rotatable bonds is 0. The average molecular weight is 130 g/mol. The van der Waals surface area contributed by atoms with Gasteiger partial charge < -0.3 is 4.98 Å². The number of allylic oxidation sites excluding steroid dienone is 1. The van der Waals surface area contributed by atoms with E-state index < -0.39 is 0 Å². The van der Waals surface area contributed by atoms with E-state index >= 15 is 0 Å². The molecule has 2 nitrogen and oxygen atoms in total. The van der Waals surface area contributed by atoms with Crippen LogP contribution in [-0.2, 0) is 0 Å². The maximum Gasteiger partial charge on any atom is 0.116 e. The first-order valence-corrected chi connectivity index (χ1v) is 3.15. The monoisotopic (exact) mass is 130 g/mol. The maximum atomic E-state index is 4.07. The van der Waals surface area contributed by atoms with Crippen molar-refractivity contribution in [3.63, 3.8) is 0 Å². The Balaban J connectivity index is 2.61. The summed E-state index contributed by atoms with van der Waals surface area (Å²) in [5.41, 5.74) is 1.87. The zero-order chi connectivity index (χ0) is 6.81. The predicted octanol–water partition coefficient (Wildman–Crippen LogP) is 1.18. The van der Waals surface area contributed by atoms with E-state index in [0.717, 1.165) is 17.8 Å². The second kappa shape index (κ2) is 2.03. The van der Waals surface area contributed by atoms with Gasteiger partial charge in [0, 0.05) is 6.42 Å². The van der Waals surface area contributed by atoms with E-state index in [4.69, 9.17) is 0 Å². The number of hydrogen-bond donors (Lipinski definition) is 1. The van der Waals surface area contributed by atoms with Crippen LogP contribution in [0.2, 0.25) is 0 Å². The van der Waals surface area contributed by atoms with Crippen molar-refractivity contribution in [2.45, 2.75) is 6.42 Å². The molecule has 0 bridgehead atoms. The minimum absolute atomic E-state index is 0.824. The van der Waals surface area contributed by atoms with Crippen molar-refractivity contribution in [1.29, 1.82) is 0 Å². The summed E-state index contributed by atoms with van der Waals surface area (Å²) in [5.74, 6) is 5.96. The highest BCUT2D eigenvalue weighted by Crippen LogP contribution is 2.06. The van der Waals surface area contributed by atoms with Crippen molar-refractivity contribution in [2.75, 3.05) is 0 Å². The molecule has 0 atom stereocenters. The minimum Gasteiger partial charge on any atom is -0.338 e. The zero-order valence-corrected chi connectivity index (χ0v) is 5.39. The molecule has 0 saturated heterocycles. The fraction of sp³-hybridized carbons (Fsp3) is 0.125. The SMILES string of the molecule is C1#Cc2[nH]cnc2C=CC1. The molecule has 0 fully saturated rings. The largest absolute Gasteiger partial charge is 0.338 e. The van der Waals surface area contributed by atoms with Crippen LogP contribution in [0.15, 0.2) is 12.4 Å². The molecule has 0 aromatic carbocycles. The normalized spacial score (nSPS) is 13.2. The van der Waals surface area contributed by atoms with Gasteiger partial charge in [0.05, 0.1) is 12.0 Å². The number of nitrogens with one attached hydrogen (secondary N) is 1. The molecule has 2 heteroatoms. The van der Waals surface area contributed by atoms with Crippen molar-refractivity contribution >= 4 is 6.08 Å². The molecule has 0 radical (unpaired) electrons. The Morgan fingerprint density at radius 2 is 2.60 bits per heavy atom. The highest BCUT2D eigenvalue weighted by molar-refractivity contribution is 5.54. The molecule has 1 aliphatic carbocycles. The Bertz CT molecular complexity index is 323. The summed E-state index contributed by atoms with van der Waals surface area (Å²) >= 11 is 0. The Hall–Kier alpha value is -1.49. The second-order valence-corrected chi connectivity index (χ2v) is 2.07. The summed E-state index contributed by atoms with van der Waals surface area (Å²) in [6.45, 7) is 0. The Labute approximate surface area is 59.0 Å². The van der Waals surface area contributed by atoms with Crippen LogP contribution in [0, 0.1) is 11.8 Å². The Morgan fingerprint density at radius 3 is 3.60 bits per heavy atom. The van der Waals surface area contributed by atoms with Gasteiger partial charge in [-0.05, 0) is 12.0 Å². The average Bonchev–Trinajstić information content (AvgIpc) is 2.28. The van der Waals surface area contributed by atoms with Crippen LogP contribution in [-0.4, -0.2) is 9.97 Å². The molecule has 1 heterocycles. The molecule has 1 aromatic heterocycles. The molecular weight excluding hydrogens is 124 g/mol. The second-order valence-electron chi connectivity index (χ2n) is 2.07.